The van der Waals surface area contributed by atoms with Crippen LogP contribution in [0.1, 0.15) is 11.1 Å². The number of hydrogen-bond acceptors (Lipinski definition) is 3. The van der Waals surface area contributed by atoms with Gasteiger partial charge in [-0.05, 0) is 40.3 Å². The molecule has 0 radical (unpaired) electrons. The predicted molar refractivity (Wildman–Crippen MR) is 81.5 cm³/mol. The summed E-state index contributed by atoms with van der Waals surface area (Å²) in [5.74, 6) is 0. The average Bonchev–Trinajstić information content (AvgIpc) is 2.41. The lowest BCUT2D eigenvalue weighted by Crippen LogP contribution is -2.23. The van der Waals surface area contributed by atoms with Gasteiger partial charge in [-0.1, -0.05) is 29.3 Å². The summed E-state index contributed by atoms with van der Waals surface area (Å²) in [7, 11) is 0. The van der Waals surface area contributed by atoms with Crippen molar-refractivity contribution in [2.45, 2.75) is 6.54 Å². The van der Waals surface area contributed by atoms with E-state index in [1.165, 1.54) is 10.9 Å². The van der Waals surface area contributed by atoms with Gasteiger partial charge >= 0.3 is 0 Å². The van der Waals surface area contributed by atoms with E-state index in [1.54, 1.807) is 18.2 Å². The van der Waals surface area contributed by atoms with Crippen LogP contribution in [-0.4, -0.2) is 9.55 Å². The highest BCUT2D eigenvalue weighted by atomic mass is 127. The second kappa shape index (κ2) is 5.90. The van der Waals surface area contributed by atoms with Crippen LogP contribution in [0.5, 0.6) is 0 Å². The van der Waals surface area contributed by atoms with Gasteiger partial charge in [0.2, 0.25) is 0 Å². The second-order valence-electron chi connectivity index (χ2n) is 3.70. The minimum Gasteiger partial charge on any atom is -0.294 e. The molecule has 1 aromatic heterocycles. The van der Waals surface area contributed by atoms with Gasteiger partial charge in [0, 0.05) is 5.02 Å². The van der Waals surface area contributed by atoms with Crippen LogP contribution in [0.25, 0.3) is 0 Å². The third-order valence-electron chi connectivity index (χ3n) is 2.46. The molecular weight excluding hydrogens is 400 g/mol. The number of nitriles is 1. The molecule has 0 aliphatic rings. The summed E-state index contributed by atoms with van der Waals surface area (Å²) in [6, 6.07) is 6.94. The van der Waals surface area contributed by atoms with Crippen LogP contribution in [0, 0.1) is 14.9 Å². The van der Waals surface area contributed by atoms with Gasteiger partial charge in [0.05, 0.1) is 24.5 Å². The number of nitrogens with zero attached hydrogens (tertiary/aromatic N) is 3. The van der Waals surface area contributed by atoms with Gasteiger partial charge < -0.3 is 0 Å². The van der Waals surface area contributed by atoms with Crippen LogP contribution in [0.4, 0.5) is 0 Å². The van der Waals surface area contributed by atoms with Crippen molar-refractivity contribution in [2.75, 3.05) is 0 Å². The highest BCUT2D eigenvalue weighted by Crippen LogP contribution is 2.18. The van der Waals surface area contributed by atoms with Gasteiger partial charge in [-0.2, -0.15) is 5.26 Å². The molecule has 19 heavy (non-hydrogen) atoms. The fraction of sp³-hybridized carbons (Fsp3) is 0.0833. The number of halogens is 3. The zero-order valence-corrected chi connectivity index (χ0v) is 13.1. The van der Waals surface area contributed by atoms with Crippen molar-refractivity contribution >= 4 is 45.8 Å². The van der Waals surface area contributed by atoms with Crippen LogP contribution in [0.15, 0.2) is 29.3 Å². The SMILES string of the molecule is N#Cc1ccc(Cn2cnc(Cl)c(I)c2=O)c(Cl)c1. The van der Waals surface area contributed by atoms with Gasteiger partial charge in [0.25, 0.3) is 5.56 Å². The van der Waals surface area contributed by atoms with E-state index in [2.05, 4.69) is 4.98 Å². The summed E-state index contributed by atoms with van der Waals surface area (Å²) < 4.78 is 1.78. The van der Waals surface area contributed by atoms with Gasteiger partial charge in [0.1, 0.15) is 8.72 Å². The summed E-state index contributed by atoms with van der Waals surface area (Å²) in [6.07, 6.45) is 1.38. The number of rotatable bonds is 2. The highest BCUT2D eigenvalue weighted by molar-refractivity contribution is 14.1. The standard InChI is InChI=1S/C12H6Cl2IN3O/c13-9-3-7(4-16)1-2-8(9)5-18-6-17-11(14)10(15)12(18)19/h1-3,6H,5H2. The lowest BCUT2D eigenvalue weighted by Gasteiger charge is -2.08. The normalized spacial score (nSPS) is 10.2. The van der Waals surface area contributed by atoms with E-state index in [0.29, 0.717) is 14.2 Å². The van der Waals surface area contributed by atoms with E-state index in [-0.39, 0.29) is 17.3 Å². The number of benzene rings is 1. The van der Waals surface area contributed by atoms with Crippen molar-refractivity contribution in [2.24, 2.45) is 0 Å². The van der Waals surface area contributed by atoms with Crippen LogP contribution in [0.3, 0.4) is 0 Å². The van der Waals surface area contributed by atoms with E-state index in [0.717, 1.165) is 5.56 Å². The molecule has 0 N–H and O–H groups in total. The Balaban J connectivity index is 2.40. The van der Waals surface area contributed by atoms with Crippen molar-refractivity contribution in [3.63, 3.8) is 0 Å². The molecule has 0 bridgehead atoms. The van der Waals surface area contributed by atoms with E-state index < -0.39 is 0 Å². The molecule has 0 aliphatic carbocycles. The minimum atomic E-state index is -0.221. The van der Waals surface area contributed by atoms with Crippen molar-refractivity contribution in [3.05, 3.63) is 59.8 Å². The van der Waals surface area contributed by atoms with Crippen LogP contribution in [-0.2, 0) is 6.54 Å². The third-order valence-corrected chi connectivity index (χ3v) is 4.39. The Hall–Kier alpha value is -1.10. The molecule has 0 unspecified atom stereocenters. The maximum Gasteiger partial charge on any atom is 0.268 e. The zero-order chi connectivity index (χ0) is 14.0. The lowest BCUT2D eigenvalue weighted by atomic mass is 10.1. The molecule has 1 aromatic carbocycles. The molecule has 0 saturated heterocycles. The van der Waals surface area contributed by atoms with E-state index in [9.17, 15) is 4.79 Å². The first-order chi connectivity index (χ1) is 9.02. The van der Waals surface area contributed by atoms with Gasteiger partial charge in [-0.15, -0.1) is 0 Å². The molecule has 0 amide bonds. The van der Waals surface area contributed by atoms with Crippen LogP contribution >= 0.6 is 45.8 Å². The molecule has 0 saturated carbocycles. The van der Waals surface area contributed by atoms with Crippen LogP contribution in [0.2, 0.25) is 10.2 Å². The summed E-state index contributed by atoms with van der Waals surface area (Å²) >= 11 is 13.7. The molecule has 0 aliphatic heterocycles. The topological polar surface area (TPSA) is 58.7 Å². The Morgan fingerprint density at radius 1 is 1.42 bits per heavy atom. The Bertz CT molecular complexity index is 737. The first-order valence-corrected chi connectivity index (χ1v) is 6.95. The molecule has 1 heterocycles. The van der Waals surface area contributed by atoms with Crippen molar-refractivity contribution in [3.8, 4) is 6.07 Å². The maximum absolute atomic E-state index is 12.0. The first-order valence-electron chi connectivity index (χ1n) is 5.12. The fourth-order valence-electron chi connectivity index (χ4n) is 1.49. The molecular formula is C12H6Cl2IN3O. The molecule has 7 heteroatoms. The molecule has 0 spiro atoms. The second-order valence-corrected chi connectivity index (χ2v) is 5.54. The van der Waals surface area contributed by atoms with Gasteiger partial charge in [-0.3, -0.25) is 9.36 Å². The summed E-state index contributed by atoms with van der Waals surface area (Å²) in [4.78, 5) is 15.9. The Morgan fingerprint density at radius 3 is 2.79 bits per heavy atom. The van der Waals surface area contributed by atoms with E-state index >= 15 is 0 Å². The zero-order valence-electron chi connectivity index (χ0n) is 9.40. The van der Waals surface area contributed by atoms with Gasteiger partial charge in [-0.25, -0.2) is 4.98 Å². The lowest BCUT2D eigenvalue weighted by molar-refractivity contribution is 0.730. The average molecular weight is 406 g/mol. The quantitative estimate of drug-likeness (QED) is 0.569. The molecule has 2 aromatic rings. The van der Waals surface area contributed by atoms with Crippen molar-refractivity contribution < 1.29 is 0 Å². The smallest absolute Gasteiger partial charge is 0.268 e. The molecule has 96 valence electrons. The molecule has 4 nitrogen and oxygen atoms in total. The largest absolute Gasteiger partial charge is 0.294 e. The monoisotopic (exact) mass is 405 g/mol. The molecule has 0 atom stereocenters. The highest BCUT2D eigenvalue weighted by Gasteiger charge is 2.09. The van der Waals surface area contributed by atoms with Crippen LogP contribution < -0.4 is 5.56 Å². The van der Waals surface area contributed by atoms with E-state index in [1.807, 2.05) is 28.7 Å². The third kappa shape index (κ3) is 3.08. The van der Waals surface area contributed by atoms with Crippen molar-refractivity contribution in [1.29, 1.82) is 5.26 Å². The Kier molecular flexibility index (Phi) is 4.45. The van der Waals surface area contributed by atoms with Gasteiger partial charge in [0.15, 0.2) is 0 Å². The summed E-state index contributed by atoms with van der Waals surface area (Å²) in [6.45, 7) is 0.281. The van der Waals surface area contributed by atoms with E-state index in [4.69, 9.17) is 28.5 Å². The first kappa shape index (κ1) is 14.3. The Labute approximate surface area is 132 Å². The summed E-state index contributed by atoms with van der Waals surface area (Å²) in [5.41, 5.74) is 0.994. The number of hydrogen-bond donors (Lipinski definition) is 0. The predicted octanol–water partition coefficient (Wildman–Crippen LogP) is 3.07. The maximum atomic E-state index is 12.0. The van der Waals surface area contributed by atoms with Crippen molar-refractivity contribution in [1.82, 2.24) is 9.55 Å². The number of aromatic nitrogens is 2. The molecule has 2 rings (SSSR count). The fourth-order valence-corrected chi connectivity index (χ4v) is 2.30. The molecule has 0 fully saturated rings. The minimum absolute atomic E-state index is 0.188. The Morgan fingerprint density at radius 2 is 2.16 bits per heavy atom. The summed E-state index contributed by atoms with van der Waals surface area (Å²) in [5, 5.41) is 9.39.